The van der Waals surface area contributed by atoms with Crippen molar-refractivity contribution in [3.63, 3.8) is 0 Å². The smallest absolute Gasteiger partial charge is 0.240 e. The van der Waals surface area contributed by atoms with Crippen molar-refractivity contribution in [3.8, 4) is 5.75 Å². The SMILES string of the molecule is COc1ccc2nc(Cl)c([C@@H]3CC(c4ccccc4C)=NN3C(C)=O)cc2c1. The summed E-state index contributed by atoms with van der Waals surface area (Å²) in [5.41, 5.74) is 4.60. The molecule has 142 valence electrons. The van der Waals surface area contributed by atoms with Gasteiger partial charge in [0.2, 0.25) is 5.91 Å². The number of rotatable bonds is 3. The molecule has 0 unspecified atom stereocenters. The van der Waals surface area contributed by atoms with Gasteiger partial charge in [-0.1, -0.05) is 35.9 Å². The molecule has 0 bridgehead atoms. The van der Waals surface area contributed by atoms with Gasteiger partial charge in [-0.25, -0.2) is 9.99 Å². The molecule has 0 aliphatic carbocycles. The summed E-state index contributed by atoms with van der Waals surface area (Å²) in [6.45, 7) is 3.56. The number of fused-ring (bicyclic) bond motifs is 1. The first-order valence-corrected chi connectivity index (χ1v) is 9.43. The van der Waals surface area contributed by atoms with E-state index in [1.54, 1.807) is 7.11 Å². The highest BCUT2D eigenvalue weighted by atomic mass is 35.5. The molecule has 0 spiro atoms. The summed E-state index contributed by atoms with van der Waals surface area (Å²) < 4.78 is 5.32. The van der Waals surface area contributed by atoms with E-state index in [4.69, 9.17) is 16.3 Å². The van der Waals surface area contributed by atoms with Gasteiger partial charge >= 0.3 is 0 Å². The monoisotopic (exact) mass is 393 g/mol. The van der Waals surface area contributed by atoms with Gasteiger partial charge in [-0.05, 0) is 36.8 Å². The van der Waals surface area contributed by atoms with Crippen molar-refractivity contribution in [2.75, 3.05) is 7.11 Å². The number of ether oxygens (including phenoxy) is 1. The van der Waals surface area contributed by atoms with E-state index >= 15 is 0 Å². The summed E-state index contributed by atoms with van der Waals surface area (Å²) >= 11 is 6.52. The third kappa shape index (κ3) is 3.22. The van der Waals surface area contributed by atoms with E-state index in [2.05, 4.69) is 10.1 Å². The van der Waals surface area contributed by atoms with Crippen molar-refractivity contribution in [3.05, 3.63) is 70.4 Å². The van der Waals surface area contributed by atoms with Gasteiger partial charge in [0.05, 0.1) is 24.4 Å². The minimum Gasteiger partial charge on any atom is -0.497 e. The van der Waals surface area contributed by atoms with Crippen molar-refractivity contribution in [2.45, 2.75) is 26.3 Å². The molecule has 0 N–H and O–H groups in total. The molecule has 2 heterocycles. The predicted molar refractivity (Wildman–Crippen MR) is 111 cm³/mol. The lowest BCUT2D eigenvalue weighted by Gasteiger charge is -2.21. The second-order valence-electron chi connectivity index (χ2n) is 6.87. The fourth-order valence-electron chi connectivity index (χ4n) is 3.61. The maximum Gasteiger partial charge on any atom is 0.240 e. The molecule has 2 aromatic carbocycles. The van der Waals surface area contributed by atoms with Gasteiger partial charge < -0.3 is 4.74 Å². The van der Waals surface area contributed by atoms with E-state index < -0.39 is 0 Å². The molecule has 3 aromatic rings. The Bertz CT molecular complexity index is 1110. The molecule has 5 nitrogen and oxygen atoms in total. The summed E-state index contributed by atoms with van der Waals surface area (Å²) in [4.78, 5) is 16.8. The molecular formula is C22H20ClN3O2. The number of hydrogen-bond donors (Lipinski definition) is 0. The highest BCUT2D eigenvalue weighted by Crippen LogP contribution is 2.38. The van der Waals surface area contributed by atoms with Crippen LogP contribution in [0.3, 0.4) is 0 Å². The summed E-state index contributed by atoms with van der Waals surface area (Å²) in [7, 11) is 1.63. The van der Waals surface area contributed by atoms with Crippen LogP contribution in [0, 0.1) is 6.92 Å². The van der Waals surface area contributed by atoms with E-state index in [9.17, 15) is 4.79 Å². The Kier molecular flexibility index (Phi) is 4.77. The highest BCUT2D eigenvalue weighted by molar-refractivity contribution is 6.30. The number of carbonyl (C=O) groups excluding carboxylic acids is 1. The summed E-state index contributed by atoms with van der Waals surface area (Å²) in [5, 5.41) is 7.42. The molecule has 0 radical (unpaired) electrons. The van der Waals surface area contributed by atoms with Gasteiger partial charge in [-0.2, -0.15) is 5.10 Å². The molecule has 28 heavy (non-hydrogen) atoms. The Labute approximate surface area is 168 Å². The zero-order chi connectivity index (χ0) is 19.8. The van der Waals surface area contributed by atoms with Crippen LogP contribution in [-0.2, 0) is 4.79 Å². The van der Waals surface area contributed by atoms with Crippen molar-refractivity contribution >= 4 is 34.1 Å². The molecule has 4 rings (SSSR count). The number of hydrazone groups is 1. The third-order valence-corrected chi connectivity index (χ3v) is 5.35. The minimum atomic E-state index is -0.289. The number of nitrogens with zero attached hydrogens (tertiary/aromatic N) is 3. The van der Waals surface area contributed by atoms with Gasteiger partial charge in [-0.15, -0.1) is 0 Å². The summed E-state index contributed by atoms with van der Waals surface area (Å²) in [6, 6.07) is 15.4. The molecule has 1 atom stereocenters. The van der Waals surface area contributed by atoms with Crippen LogP contribution in [0.5, 0.6) is 5.75 Å². The number of benzene rings is 2. The largest absolute Gasteiger partial charge is 0.497 e. The van der Waals surface area contributed by atoms with Crippen molar-refractivity contribution < 1.29 is 9.53 Å². The van der Waals surface area contributed by atoms with E-state index in [-0.39, 0.29) is 11.9 Å². The zero-order valence-electron chi connectivity index (χ0n) is 15.9. The Morgan fingerprint density at radius 2 is 2.00 bits per heavy atom. The molecule has 1 amide bonds. The third-order valence-electron chi connectivity index (χ3n) is 5.05. The number of hydrogen-bond acceptors (Lipinski definition) is 4. The number of methoxy groups -OCH3 is 1. The molecule has 1 aliphatic heterocycles. The van der Waals surface area contributed by atoms with Crippen LogP contribution < -0.4 is 4.74 Å². The van der Waals surface area contributed by atoms with Crippen molar-refractivity contribution in [2.24, 2.45) is 5.10 Å². The topological polar surface area (TPSA) is 54.8 Å². The van der Waals surface area contributed by atoms with Gasteiger partial charge in [0.25, 0.3) is 0 Å². The van der Waals surface area contributed by atoms with Crippen LogP contribution in [-0.4, -0.2) is 28.7 Å². The fraction of sp³-hybridized carbons (Fsp3) is 0.227. The molecule has 0 saturated carbocycles. The standard InChI is InChI=1S/C22H20ClN3O2/c1-13-6-4-5-7-17(13)20-12-21(26(25-20)14(2)27)18-11-15-10-16(28-3)8-9-19(15)24-22(18)23/h4-11,21H,12H2,1-3H3/t21-/m0/s1. The molecule has 1 aliphatic rings. The molecular weight excluding hydrogens is 374 g/mol. The van der Waals surface area contributed by atoms with Gasteiger partial charge in [0.15, 0.2) is 0 Å². The zero-order valence-corrected chi connectivity index (χ0v) is 16.7. The van der Waals surface area contributed by atoms with E-state index in [0.717, 1.165) is 39.1 Å². The van der Waals surface area contributed by atoms with E-state index in [1.807, 2.05) is 55.5 Å². The van der Waals surface area contributed by atoms with Crippen LogP contribution >= 0.6 is 11.6 Å². The van der Waals surface area contributed by atoms with Gasteiger partial charge in [0, 0.05) is 29.9 Å². The van der Waals surface area contributed by atoms with E-state index in [1.165, 1.54) is 11.9 Å². The van der Waals surface area contributed by atoms with E-state index in [0.29, 0.717) is 11.6 Å². The van der Waals surface area contributed by atoms with Crippen LogP contribution in [0.4, 0.5) is 0 Å². The first-order chi connectivity index (χ1) is 13.5. The van der Waals surface area contributed by atoms with Crippen molar-refractivity contribution in [1.29, 1.82) is 0 Å². The first-order valence-electron chi connectivity index (χ1n) is 9.05. The Morgan fingerprint density at radius 3 is 2.71 bits per heavy atom. The predicted octanol–water partition coefficient (Wildman–Crippen LogP) is 4.90. The maximum absolute atomic E-state index is 12.3. The van der Waals surface area contributed by atoms with Crippen LogP contribution in [0.2, 0.25) is 5.15 Å². The lowest BCUT2D eigenvalue weighted by Crippen LogP contribution is -2.24. The maximum atomic E-state index is 12.3. The molecule has 0 saturated heterocycles. The molecule has 6 heteroatoms. The average molecular weight is 394 g/mol. The number of aromatic nitrogens is 1. The second-order valence-corrected chi connectivity index (χ2v) is 7.23. The summed E-state index contributed by atoms with van der Waals surface area (Å²) in [6.07, 6.45) is 0.585. The quantitative estimate of drug-likeness (QED) is 0.594. The van der Waals surface area contributed by atoms with Crippen LogP contribution in [0.15, 0.2) is 53.6 Å². The van der Waals surface area contributed by atoms with Gasteiger partial charge in [0.1, 0.15) is 10.9 Å². The number of carbonyl (C=O) groups is 1. The number of pyridine rings is 1. The number of halogens is 1. The summed E-state index contributed by atoms with van der Waals surface area (Å²) in [5.74, 6) is 0.615. The Hall–Kier alpha value is -2.92. The lowest BCUT2D eigenvalue weighted by atomic mass is 9.96. The van der Waals surface area contributed by atoms with Gasteiger partial charge in [-0.3, -0.25) is 4.79 Å². The van der Waals surface area contributed by atoms with Crippen LogP contribution in [0.25, 0.3) is 10.9 Å². The second kappa shape index (κ2) is 7.24. The normalized spacial score (nSPS) is 16.4. The lowest BCUT2D eigenvalue weighted by molar-refractivity contribution is -0.130. The molecule has 0 fully saturated rings. The fourth-order valence-corrected chi connectivity index (χ4v) is 3.88. The minimum absolute atomic E-state index is 0.129. The molecule has 1 aromatic heterocycles. The number of amides is 1. The van der Waals surface area contributed by atoms with Crippen LogP contribution in [0.1, 0.15) is 36.1 Å². The van der Waals surface area contributed by atoms with Crippen molar-refractivity contribution in [1.82, 2.24) is 9.99 Å². The Balaban J connectivity index is 1.79. The Morgan fingerprint density at radius 1 is 1.21 bits per heavy atom. The highest BCUT2D eigenvalue weighted by Gasteiger charge is 2.33. The number of aryl methyl sites for hydroxylation is 1. The first kappa shape index (κ1) is 18.4. The average Bonchev–Trinajstić information content (AvgIpc) is 3.12.